The summed E-state index contributed by atoms with van der Waals surface area (Å²) in [6.07, 6.45) is 0.435. The molecule has 0 aliphatic rings. The molecule has 0 aliphatic heterocycles. The fourth-order valence-electron chi connectivity index (χ4n) is 1.01. The molecule has 0 saturated carbocycles. The molecule has 2 amide bonds. The Labute approximate surface area is 90.3 Å². The van der Waals surface area contributed by atoms with E-state index in [0.29, 0.717) is 12.1 Å². The van der Waals surface area contributed by atoms with E-state index < -0.39 is 11.0 Å². The largest absolute Gasteiger partial charge is 0.433 e. The quantitative estimate of drug-likeness (QED) is 0.450. The van der Waals surface area contributed by atoms with Crippen LogP contribution < -0.4 is 11.2 Å². The smallest absolute Gasteiger partial charge is 0.399 e. The van der Waals surface area contributed by atoms with E-state index in [9.17, 15) is 14.9 Å². The number of nitrogens with zero attached hydrogens (tertiary/aromatic N) is 2. The Kier molecular flexibility index (Phi) is 3.59. The normalized spacial score (nSPS) is 11.2. The molecular weight excluding hydrogens is 216 g/mol. The zero-order chi connectivity index (χ0) is 12.1. The van der Waals surface area contributed by atoms with E-state index in [1.54, 1.807) is 6.92 Å². The third kappa shape index (κ3) is 2.80. The van der Waals surface area contributed by atoms with Crippen molar-refractivity contribution in [3.8, 4) is 0 Å². The molecule has 0 spiro atoms. The second kappa shape index (κ2) is 4.91. The first-order valence-corrected chi connectivity index (χ1v) is 4.41. The molecule has 0 fully saturated rings. The number of primary amides is 1. The average Bonchev–Trinajstić information content (AvgIpc) is 2.67. The number of nitrogens with two attached hydrogens (primary N) is 1. The van der Waals surface area contributed by atoms with Gasteiger partial charge in [0.25, 0.3) is 0 Å². The lowest BCUT2D eigenvalue weighted by molar-refractivity contribution is -0.402. The summed E-state index contributed by atoms with van der Waals surface area (Å²) >= 11 is 0. The highest BCUT2D eigenvalue weighted by atomic mass is 16.6. The van der Waals surface area contributed by atoms with Gasteiger partial charge in [-0.15, -0.1) is 0 Å². The Morgan fingerprint density at radius 3 is 2.81 bits per heavy atom. The van der Waals surface area contributed by atoms with Gasteiger partial charge in [0.05, 0.1) is 6.07 Å². The van der Waals surface area contributed by atoms with Crippen molar-refractivity contribution in [2.24, 2.45) is 10.8 Å². The average molecular weight is 226 g/mol. The number of nitrogens with one attached hydrogen (secondary N) is 1. The summed E-state index contributed by atoms with van der Waals surface area (Å²) in [5.41, 5.74) is 7.23. The van der Waals surface area contributed by atoms with E-state index in [-0.39, 0.29) is 11.6 Å². The first-order valence-electron chi connectivity index (χ1n) is 4.41. The number of hydrazone groups is 1. The van der Waals surface area contributed by atoms with Crippen LogP contribution >= 0.6 is 0 Å². The van der Waals surface area contributed by atoms with E-state index in [1.807, 2.05) is 5.43 Å². The van der Waals surface area contributed by atoms with Gasteiger partial charge in [-0.25, -0.2) is 10.2 Å². The zero-order valence-electron chi connectivity index (χ0n) is 8.47. The van der Waals surface area contributed by atoms with Crippen molar-refractivity contribution in [1.29, 1.82) is 0 Å². The number of hydrogen-bond acceptors (Lipinski definition) is 5. The lowest BCUT2D eigenvalue weighted by Crippen LogP contribution is -2.25. The van der Waals surface area contributed by atoms with Gasteiger partial charge in [0.15, 0.2) is 5.76 Å². The van der Waals surface area contributed by atoms with E-state index in [0.717, 1.165) is 0 Å². The Hall–Kier alpha value is -2.38. The second-order valence-electron chi connectivity index (χ2n) is 2.78. The number of nitro groups is 1. The van der Waals surface area contributed by atoms with Gasteiger partial charge in [-0.1, -0.05) is 6.92 Å². The summed E-state index contributed by atoms with van der Waals surface area (Å²) < 4.78 is 4.91. The molecule has 0 atom stereocenters. The highest BCUT2D eigenvalue weighted by molar-refractivity contribution is 5.98. The predicted octanol–water partition coefficient (Wildman–Crippen LogP) is 0.970. The summed E-state index contributed by atoms with van der Waals surface area (Å²) in [5.74, 6) is -0.154. The maximum atomic E-state index is 10.4. The molecule has 1 aromatic heterocycles. The molecule has 0 aromatic carbocycles. The highest BCUT2D eigenvalue weighted by Gasteiger charge is 2.14. The van der Waals surface area contributed by atoms with Crippen LogP contribution in [-0.2, 0) is 0 Å². The van der Waals surface area contributed by atoms with Crippen LogP contribution in [0.4, 0.5) is 10.7 Å². The number of urea groups is 1. The topological polar surface area (TPSA) is 124 Å². The maximum absolute atomic E-state index is 10.4. The lowest BCUT2D eigenvalue weighted by atomic mass is 10.2. The predicted molar refractivity (Wildman–Crippen MR) is 54.9 cm³/mol. The van der Waals surface area contributed by atoms with Gasteiger partial charge in [0.1, 0.15) is 10.6 Å². The van der Waals surface area contributed by atoms with Crippen molar-refractivity contribution >= 4 is 17.6 Å². The molecule has 0 aliphatic carbocycles. The van der Waals surface area contributed by atoms with Gasteiger partial charge in [-0.2, -0.15) is 5.10 Å². The van der Waals surface area contributed by atoms with E-state index >= 15 is 0 Å². The first-order chi connectivity index (χ1) is 7.54. The van der Waals surface area contributed by atoms with Gasteiger partial charge in [0.2, 0.25) is 0 Å². The SMILES string of the molecule is CC/C(=N\NC(N)=O)c1ccc([N+](=O)[O-])o1. The fourth-order valence-corrected chi connectivity index (χ4v) is 1.01. The molecule has 0 unspecified atom stereocenters. The molecule has 0 radical (unpaired) electrons. The van der Waals surface area contributed by atoms with Crippen LogP contribution in [0.5, 0.6) is 0 Å². The Morgan fingerprint density at radius 2 is 2.38 bits per heavy atom. The van der Waals surface area contributed by atoms with Crippen molar-refractivity contribution in [2.75, 3.05) is 0 Å². The van der Waals surface area contributed by atoms with E-state index in [1.165, 1.54) is 12.1 Å². The molecule has 1 aromatic rings. The van der Waals surface area contributed by atoms with Crippen molar-refractivity contribution < 1.29 is 14.1 Å². The minimum atomic E-state index is -0.813. The monoisotopic (exact) mass is 226 g/mol. The Morgan fingerprint density at radius 1 is 1.69 bits per heavy atom. The molecular formula is C8H10N4O4. The van der Waals surface area contributed by atoms with Crippen LogP contribution in [0.15, 0.2) is 21.7 Å². The standard InChI is InChI=1S/C8H10N4O4/c1-2-5(10-11-8(9)13)6-3-4-7(16-6)12(14)15/h3-4H,2H2,1H3,(H3,9,11,13)/b10-5+. The van der Waals surface area contributed by atoms with Crippen molar-refractivity contribution in [1.82, 2.24) is 5.43 Å². The summed E-state index contributed by atoms with van der Waals surface area (Å²) in [6.45, 7) is 1.76. The van der Waals surface area contributed by atoms with Gasteiger partial charge in [0, 0.05) is 0 Å². The third-order valence-electron chi connectivity index (χ3n) is 1.69. The molecule has 8 heteroatoms. The van der Waals surface area contributed by atoms with Crippen LogP contribution in [0, 0.1) is 10.1 Å². The van der Waals surface area contributed by atoms with Crippen LogP contribution in [-0.4, -0.2) is 16.7 Å². The third-order valence-corrected chi connectivity index (χ3v) is 1.69. The minimum Gasteiger partial charge on any atom is -0.399 e. The van der Waals surface area contributed by atoms with E-state index in [4.69, 9.17) is 10.2 Å². The summed E-state index contributed by atoms with van der Waals surface area (Å²) in [7, 11) is 0. The van der Waals surface area contributed by atoms with Crippen LogP contribution in [0.1, 0.15) is 19.1 Å². The molecule has 0 bridgehead atoms. The van der Waals surface area contributed by atoms with E-state index in [2.05, 4.69) is 5.10 Å². The maximum Gasteiger partial charge on any atom is 0.433 e. The van der Waals surface area contributed by atoms with Crippen LogP contribution in [0.3, 0.4) is 0 Å². The zero-order valence-corrected chi connectivity index (χ0v) is 8.47. The lowest BCUT2D eigenvalue weighted by Gasteiger charge is -1.98. The number of carbonyl (C=O) groups excluding carboxylic acids is 1. The molecule has 1 heterocycles. The molecule has 1 rings (SSSR count). The molecule has 86 valence electrons. The molecule has 8 nitrogen and oxygen atoms in total. The van der Waals surface area contributed by atoms with Gasteiger partial charge < -0.3 is 10.2 Å². The second-order valence-corrected chi connectivity index (χ2v) is 2.78. The number of furan rings is 1. The fraction of sp³-hybridized carbons (Fsp3) is 0.250. The first kappa shape index (κ1) is 11.7. The summed E-state index contributed by atoms with van der Waals surface area (Å²) in [5, 5.41) is 14.0. The van der Waals surface area contributed by atoms with Crippen molar-refractivity contribution in [3.63, 3.8) is 0 Å². The Balaban J connectivity index is 2.90. The van der Waals surface area contributed by atoms with Crippen LogP contribution in [0.2, 0.25) is 0 Å². The van der Waals surface area contributed by atoms with Gasteiger partial charge in [-0.3, -0.25) is 10.1 Å². The summed E-state index contributed by atoms with van der Waals surface area (Å²) in [6, 6.07) is 1.81. The molecule has 0 saturated heterocycles. The Bertz CT molecular complexity index is 437. The van der Waals surface area contributed by atoms with Crippen LogP contribution in [0.25, 0.3) is 0 Å². The highest BCUT2D eigenvalue weighted by Crippen LogP contribution is 2.17. The molecule has 3 N–H and O–H groups in total. The number of amides is 2. The summed E-state index contributed by atoms with van der Waals surface area (Å²) in [4.78, 5) is 20.1. The molecule has 16 heavy (non-hydrogen) atoms. The van der Waals surface area contributed by atoms with Gasteiger partial charge in [-0.05, 0) is 12.5 Å². The number of hydrogen-bond donors (Lipinski definition) is 2. The van der Waals surface area contributed by atoms with Gasteiger partial charge >= 0.3 is 11.9 Å². The van der Waals surface area contributed by atoms with Crippen molar-refractivity contribution in [2.45, 2.75) is 13.3 Å². The number of rotatable bonds is 4. The minimum absolute atomic E-state index is 0.225. The number of carbonyl (C=O) groups is 1. The van der Waals surface area contributed by atoms with Crippen molar-refractivity contribution in [3.05, 3.63) is 28.0 Å².